The van der Waals surface area contributed by atoms with Gasteiger partial charge in [0.2, 0.25) is 17.7 Å². The SMILES string of the molecule is COc1cccc(N2CC(C(=O)Nc3c4c(nn3CC(=O)NCc3ccc(F)cc3)CSC4)CC2=O)c1. The lowest BCUT2D eigenvalue weighted by Crippen LogP contribution is -2.31. The van der Waals surface area contributed by atoms with Gasteiger partial charge in [0.25, 0.3) is 0 Å². The first kappa shape index (κ1) is 24.8. The zero-order chi connectivity index (χ0) is 25.9. The van der Waals surface area contributed by atoms with E-state index in [-0.39, 0.29) is 49.6 Å². The summed E-state index contributed by atoms with van der Waals surface area (Å²) in [5.74, 6) is 0.925. The molecule has 0 spiro atoms. The Morgan fingerprint density at radius 2 is 2.00 bits per heavy atom. The van der Waals surface area contributed by atoms with Crippen molar-refractivity contribution in [2.45, 2.75) is 31.0 Å². The highest BCUT2D eigenvalue weighted by atomic mass is 32.2. The molecule has 3 aromatic rings. The Hall–Kier alpha value is -3.86. The first-order chi connectivity index (χ1) is 17.9. The zero-order valence-electron chi connectivity index (χ0n) is 20.2. The van der Waals surface area contributed by atoms with Gasteiger partial charge in [0, 0.05) is 48.3 Å². The fourth-order valence-corrected chi connectivity index (χ4v) is 5.48. The summed E-state index contributed by atoms with van der Waals surface area (Å²) >= 11 is 1.69. The summed E-state index contributed by atoms with van der Waals surface area (Å²) in [6, 6.07) is 13.1. The quantitative estimate of drug-likeness (QED) is 0.470. The first-order valence-corrected chi connectivity index (χ1v) is 13.0. The number of methoxy groups -OCH3 is 1. The van der Waals surface area contributed by atoms with Crippen LogP contribution in [0.2, 0.25) is 0 Å². The predicted molar refractivity (Wildman–Crippen MR) is 138 cm³/mol. The van der Waals surface area contributed by atoms with Gasteiger partial charge in [0.15, 0.2) is 0 Å². The van der Waals surface area contributed by atoms with Crippen molar-refractivity contribution in [2.24, 2.45) is 5.92 Å². The highest BCUT2D eigenvalue weighted by molar-refractivity contribution is 7.98. The van der Waals surface area contributed by atoms with Gasteiger partial charge in [-0.2, -0.15) is 16.9 Å². The van der Waals surface area contributed by atoms with Crippen molar-refractivity contribution in [3.63, 3.8) is 0 Å². The molecule has 1 aromatic heterocycles. The largest absolute Gasteiger partial charge is 0.497 e. The minimum Gasteiger partial charge on any atom is -0.497 e. The fourth-order valence-electron chi connectivity index (χ4n) is 4.45. The number of fused-ring (bicyclic) bond motifs is 1. The number of amides is 3. The molecule has 192 valence electrons. The van der Waals surface area contributed by atoms with Crippen LogP contribution in [0.4, 0.5) is 15.9 Å². The van der Waals surface area contributed by atoms with Crippen molar-refractivity contribution >= 4 is 41.0 Å². The van der Waals surface area contributed by atoms with Crippen molar-refractivity contribution < 1.29 is 23.5 Å². The number of hydrogen-bond donors (Lipinski definition) is 2. The monoisotopic (exact) mass is 523 g/mol. The maximum atomic E-state index is 13.2. The van der Waals surface area contributed by atoms with Crippen LogP contribution in [0.3, 0.4) is 0 Å². The van der Waals surface area contributed by atoms with E-state index >= 15 is 0 Å². The number of thioether (sulfide) groups is 1. The van der Waals surface area contributed by atoms with E-state index in [4.69, 9.17) is 4.74 Å². The first-order valence-electron chi connectivity index (χ1n) is 11.8. The van der Waals surface area contributed by atoms with E-state index in [1.54, 1.807) is 54.1 Å². The van der Waals surface area contributed by atoms with E-state index < -0.39 is 5.92 Å². The minimum atomic E-state index is -0.543. The van der Waals surface area contributed by atoms with Crippen LogP contribution in [0, 0.1) is 11.7 Å². The Bertz CT molecular complexity index is 1340. The number of nitrogens with one attached hydrogen (secondary N) is 2. The Balaban J connectivity index is 1.26. The molecule has 1 atom stereocenters. The van der Waals surface area contributed by atoms with Crippen molar-refractivity contribution in [1.82, 2.24) is 15.1 Å². The number of rotatable bonds is 8. The lowest BCUT2D eigenvalue weighted by atomic mass is 10.1. The second-order valence-corrected chi connectivity index (χ2v) is 9.91. The van der Waals surface area contributed by atoms with E-state index in [0.717, 1.165) is 16.8 Å². The molecule has 2 aromatic carbocycles. The Kier molecular flexibility index (Phi) is 7.13. The number of carbonyl (C=O) groups excluding carboxylic acids is 3. The lowest BCUT2D eigenvalue weighted by molar-refractivity contribution is -0.122. The molecule has 0 saturated carbocycles. The van der Waals surface area contributed by atoms with E-state index in [1.165, 1.54) is 16.8 Å². The number of benzene rings is 2. The average molecular weight is 524 g/mol. The highest BCUT2D eigenvalue weighted by Crippen LogP contribution is 2.35. The number of aromatic nitrogens is 2. The molecule has 1 unspecified atom stereocenters. The molecule has 2 aliphatic heterocycles. The van der Waals surface area contributed by atoms with Crippen LogP contribution in [0.1, 0.15) is 23.2 Å². The summed E-state index contributed by atoms with van der Waals surface area (Å²) in [6.07, 6.45) is 0.0896. The van der Waals surface area contributed by atoms with Crippen LogP contribution in [-0.4, -0.2) is 41.2 Å². The molecule has 11 heteroatoms. The van der Waals surface area contributed by atoms with Gasteiger partial charge in [0.05, 0.1) is 18.7 Å². The van der Waals surface area contributed by atoms with Crippen molar-refractivity contribution in [3.8, 4) is 5.75 Å². The van der Waals surface area contributed by atoms with Gasteiger partial charge in [-0.05, 0) is 29.8 Å². The summed E-state index contributed by atoms with van der Waals surface area (Å²) in [4.78, 5) is 40.2. The topological polar surface area (TPSA) is 106 Å². The summed E-state index contributed by atoms with van der Waals surface area (Å²) < 4.78 is 19.9. The summed E-state index contributed by atoms with van der Waals surface area (Å²) in [7, 11) is 1.56. The van der Waals surface area contributed by atoms with Crippen LogP contribution in [0.15, 0.2) is 48.5 Å². The number of halogens is 1. The third kappa shape index (κ3) is 5.46. The molecule has 1 fully saturated rings. The molecule has 0 radical (unpaired) electrons. The average Bonchev–Trinajstić information content (AvgIpc) is 3.60. The molecular formula is C26H26FN5O4S. The Labute approximate surface area is 217 Å². The zero-order valence-corrected chi connectivity index (χ0v) is 21.0. The molecule has 2 N–H and O–H groups in total. The number of hydrogen-bond acceptors (Lipinski definition) is 6. The van der Waals surface area contributed by atoms with Gasteiger partial charge in [-0.3, -0.25) is 14.4 Å². The number of nitrogens with zero attached hydrogens (tertiary/aromatic N) is 3. The van der Waals surface area contributed by atoms with Crippen LogP contribution < -0.4 is 20.3 Å². The molecule has 5 rings (SSSR count). The molecule has 0 aliphatic carbocycles. The Morgan fingerprint density at radius 3 is 2.78 bits per heavy atom. The summed E-state index contributed by atoms with van der Waals surface area (Å²) in [6.45, 7) is 0.428. The van der Waals surface area contributed by atoms with Gasteiger partial charge < -0.3 is 20.3 Å². The molecule has 37 heavy (non-hydrogen) atoms. The van der Waals surface area contributed by atoms with E-state index in [2.05, 4.69) is 15.7 Å². The van der Waals surface area contributed by atoms with Crippen molar-refractivity contribution in [2.75, 3.05) is 23.9 Å². The van der Waals surface area contributed by atoms with E-state index in [0.29, 0.717) is 28.8 Å². The summed E-state index contributed by atoms with van der Waals surface area (Å²) in [5.41, 5.74) is 3.19. The Morgan fingerprint density at radius 1 is 1.19 bits per heavy atom. The molecule has 1 saturated heterocycles. The summed E-state index contributed by atoms with van der Waals surface area (Å²) in [5, 5.41) is 10.3. The highest BCUT2D eigenvalue weighted by Gasteiger charge is 2.36. The fraction of sp³-hybridized carbons (Fsp3) is 0.308. The van der Waals surface area contributed by atoms with Crippen LogP contribution >= 0.6 is 11.8 Å². The molecule has 3 heterocycles. The minimum absolute atomic E-state index is 0.0754. The van der Waals surface area contributed by atoms with Crippen LogP contribution in [-0.2, 0) is 39.0 Å². The van der Waals surface area contributed by atoms with Gasteiger partial charge in [0.1, 0.15) is 23.9 Å². The lowest BCUT2D eigenvalue weighted by Gasteiger charge is -2.18. The van der Waals surface area contributed by atoms with Gasteiger partial charge in [-0.25, -0.2) is 9.07 Å². The van der Waals surface area contributed by atoms with Crippen LogP contribution in [0.25, 0.3) is 0 Å². The van der Waals surface area contributed by atoms with Crippen molar-refractivity contribution in [1.29, 1.82) is 0 Å². The number of ether oxygens (including phenoxy) is 1. The normalized spacial score (nSPS) is 16.5. The maximum absolute atomic E-state index is 13.2. The van der Waals surface area contributed by atoms with Gasteiger partial charge >= 0.3 is 0 Å². The molecule has 3 amide bonds. The third-order valence-corrected chi connectivity index (χ3v) is 7.39. The third-order valence-electron chi connectivity index (χ3n) is 6.42. The second kappa shape index (κ2) is 10.6. The van der Waals surface area contributed by atoms with Crippen LogP contribution in [0.5, 0.6) is 5.75 Å². The standard InChI is InChI=1S/C26H26FN5O4S/c1-36-20-4-2-3-19(10-20)31-12-17(9-24(31)34)26(35)29-25-21-14-37-15-22(21)30-32(25)13-23(33)28-11-16-5-7-18(27)8-6-16/h2-8,10,17H,9,11-15H2,1H3,(H,28,33)(H,29,35). The van der Waals surface area contributed by atoms with Gasteiger partial charge in [-0.1, -0.05) is 18.2 Å². The maximum Gasteiger partial charge on any atom is 0.242 e. The smallest absolute Gasteiger partial charge is 0.242 e. The predicted octanol–water partition coefficient (Wildman–Crippen LogP) is 3.09. The number of anilines is 2. The van der Waals surface area contributed by atoms with E-state index in [1.807, 2.05) is 6.07 Å². The van der Waals surface area contributed by atoms with E-state index in [9.17, 15) is 18.8 Å². The van der Waals surface area contributed by atoms with Gasteiger partial charge in [-0.15, -0.1) is 0 Å². The molecule has 0 bridgehead atoms. The second-order valence-electron chi connectivity index (χ2n) is 8.92. The molecule has 2 aliphatic rings. The molecular weight excluding hydrogens is 497 g/mol. The molecule has 9 nitrogen and oxygen atoms in total. The van der Waals surface area contributed by atoms with Crippen molar-refractivity contribution in [3.05, 3.63) is 71.2 Å². The number of carbonyl (C=O) groups is 3.